The summed E-state index contributed by atoms with van der Waals surface area (Å²) in [6.07, 6.45) is 1.07. The van der Waals surface area contributed by atoms with Crippen molar-refractivity contribution in [3.63, 3.8) is 0 Å². The molecule has 0 spiro atoms. The maximum atomic E-state index is 11.7. The Labute approximate surface area is 90.3 Å². The van der Waals surface area contributed by atoms with Gasteiger partial charge in [0.05, 0.1) is 5.60 Å². The summed E-state index contributed by atoms with van der Waals surface area (Å²) in [5.41, 5.74) is 7.12. The number of nitrogens with one attached hydrogen (secondary N) is 1. The maximum absolute atomic E-state index is 11.7. The van der Waals surface area contributed by atoms with Crippen molar-refractivity contribution in [3.8, 4) is 0 Å². The standard InChI is InChI=1S/C10H20N2O3/c1-9(2,3)15-12-8(13)10(11)4-6-14-7-5-10/h4-7,11H2,1-3H3,(H,12,13). The predicted octanol–water partition coefficient (Wildman–Crippen LogP) is 0.341. The third kappa shape index (κ3) is 3.77. The third-order valence-electron chi connectivity index (χ3n) is 2.29. The fraction of sp³-hybridized carbons (Fsp3) is 0.900. The molecule has 0 unspecified atom stereocenters. The van der Waals surface area contributed by atoms with Crippen LogP contribution in [0.5, 0.6) is 0 Å². The second kappa shape index (κ2) is 4.47. The number of rotatable bonds is 2. The van der Waals surface area contributed by atoms with E-state index in [1.165, 1.54) is 0 Å². The summed E-state index contributed by atoms with van der Waals surface area (Å²) in [5, 5.41) is 0. The van der Waals surface area contributed by atoms with Crippen molar-refractivity contribution in [2.75, 3.05) is 13.2 Å². The van der Waals surface area contributed by atoms with Crippen LogP contribution in [0.25, 0.3) is 0 Å². The van der Waals surface area contributed by atoms with Crippen molar-refractivity contribution in [2.45, 2.75) is 44.8 Å². The number of amides is 1. The highest BCUT2D eigenvalue weighted by Crippen LogP contribution is 2.18. The summed E-state index contributed by atoms with van der Waals surface area (Å²) in [6.45, 7) is 6.64. The molecule has 1 heterocycles. The SMILES string of the molecule is CC(C)(C)ONC(=O)C1(N)CCOCC1. The molecular weight excluding hydrogens is 196 g/mol. The summed E-state index contributed by atoms with van der Waals surface area (Å²) in [4.78, 5) is 16.9. The van der Waals surface area contributed by atoms with Crippen molar-refractivity contribution in [2.24, 2.45) is 5.73 Å². The molecule has 0 radical (unpaired) electrons. The van der Waals surface area contributed by atoms with Crippen molar-refractivity contribution in [1.29, 1.82) is 0 Å². The van der Waals surface area contributed by atoms with Crippen LogP contribution in [-0.4, -0.2) is 30.3 Å². The molecule has 5 nitrogen and oxygen atoms in total. The van der Waals surface area contributed by atoms with Crippen molar-refractivity contribution >= 4 is 5.91 Å². The zero-order valence-electron chi connectivity index (χ0n) is 9.63. The fourth-order valence-corrected chi connectivity index (χ4v) is 1.26. The summed E-state index contributed by atoms with van der Waals surface area (Å²) < 4.78 is 5.16. The van der Waals surface area contributed by atoms with Crippen molar-refractivity contribution in [3.05, 3.63) is 0 Å². The third-order valence-corrected chi connectivity index (χ3v) is 2.29. The highest BCUT2D eigenvalue weighted by molar-refractivity contribution is 5.85. The van der Waals surface area contributed by atoms with Gasteiger partial charge in [0.25, 0.3) is 5.91 Å². The zero-order valence-corrected chi connectivity index (χ0v) is 9.63. The van der Waals surface area contributed by atoms with E-state index in [0.717, 1.165) is 0 Å². The second-order valence-electron chi connectivity index (χ2n) is 4.91. The van der Waals surface area contributed by atoms with Crippen LogP contribution in [0, 0.1) is 0 Å². The molecule has 88 valence electrons. The molecule has 0 aromatic heterocycles. The number of carbonyl (C=O) groups excluding carboxylic acids is 1. The van der Waals surface area contributed by atoms with Crippen LogP contribution in [0.2, 0.25) is 0 Å². The highest BCUT2D eigenvalue weighted by Gasteiger charge is 2.36. The molecule has 1 saturated heterocycles. The Hall–Kier alpha value is -0.650. The number of hydroxylamine groups is 1. The largest absolute Gasteiger partial charge is 0.381 e. The molecule has 1 aliphatic rings. The van der Waals surface area contributed by atoms with Gasteiger partial charge in [0.15, 0.2) is 0 Å². The van der Waals surface area contributed by atoms with Crippen molar-refractivity contribution in [1.82, 2.24) is 5.48 Å². The lowest BCUT2D eigenvalue weighted by atomic mass is 9.91. The number of hydrogen-bond acceptors (Lipinski definition) is 4. The molecule has 3 N–H and O–H groups in total. The molecule has 1 aliphatic heterocycles. The normalized spacial score (nSPS) is 21.1. The Morgan fingerprint density at radius 2 is 1.93 bits per heavy atom. The van der Waals surface area contributed by atoms with Gasteiger partial charge in [0.1, 0.15) is 5.54 Å². The lowest BCUT2D eigenvalue weighted by Crippen LogP contribution is -2.57. The van der Waals surface area contributed by atoms with Crippen LogP contribution in [-0.2, 0) is 14.4 Å². The molecule has 15 heavy (non-hydrogen) atoms. The monoisotopic (exact) mass is 216 g/mol. The maximum Gasteiger partial charge on any atom is 0.263 e. The van der Waals surface area contributed by atoms with Crippen LogP contribution in [0.1, 0.15) is 33.6 Å². The predicted molar refractivity (Wildman–Crippen MR) is 56.0 cm³/mol. The van der Waals surface area contributed by atoms with E-state index in [2.05, 4.69) is 5.48 Å². The van der Waals surface area contributed by atoms with Gasteiger partial charge >= 0.3 is 0 Å². The smallest absolute Gasteiger partial charge is 0.263 e. The van der Waals surface area contributed by atoms with E-state index >= 15 is 0 Å². The Balaban J connectivity index is 2.45. The average Bonchev–Trinajstić information content (AvgIpc) is 2.14. The Morgan fingerprint density at radius 1 is 1.40 bits per heavy atom. The van der Waals surface area contributed by atoms with Gasteiger partial charge in [-0.1, -0.05) is 0 Å². The minimum Gasteiger partial charge on any atom is -0.381 e. The number of nitrogens with two attached hydrogens (primary N) is 1. The molecule has 1 rings (SSSR count). The van der Waals surface area contributed by atoms with Gasteiger partial charge in [-0.05, 0) is 33.6 Å². The van der Waals surface area contributed by atoms with E-state index < -0.39 is 11.1 Å². The van der Waals surface area contributed by atoms with E-state index in [1.807, 2.05) is 20.8 Å². The van der Waals surface area contributed by atoms with Crippen LogP contribution < -0.4 is 11.2 Å². The quantitative estimate of drug-likeness (QED) is 0.653. The minimum absolute atomic E-state index is 0.263. The molecule has 5 heteroatoms. The first-order valence-corrected chi connectivity index (χ1v) is 5.19. The lowest BCUT2D eigenvalue weighted by molar-refractivity contribution is -0.154. The fourth-order valence-electron chi connectivity index (χ4n) is 1.26. The molecular formula is C10H20N2O3. The van der Waals surface area contributed by atoms with Crippen LogP contribution >= 0.6 is 0 Å². The average molecular weight is 216 g/mol. The van der Waals surface area contributed by atoms with Crippen LogP contribution in [0.15, 0.2) is 0 Å². The number of carbonyl (C=O) groups is 1. The minimum atomic E-state index is -0.844. The van der Waals surface area contributed by atoms with Gasteiger partial charge in [-0.3, -0.25) is 9.63 Å². The van der Waals surface area contributed by atoms with Gasteiger partial charge in [-0.15, -0.1) is 0 Å². The van der Waals surface area contributed by atoms with Gasteiger partial charge in [-0.25, -0.2) is 5.48 Å². The summed E-state index contributed by atoms with van der Waals surface area (Å²) in [7, 11) is 0. The van der Waals surface area contributed by atoms with E-state index in [4.69, 9.17) is 15.3 Å². The topological polar surface area (TPSA) is 73.6 Å². The molecule has 0 atom stereocenters. The molecule has 0 bridgehead atoms. The van der Waals surface area contributed by atoms with E-state index in [1.54, 1.807) is 0 Å². The first-order valence-electron chi connectivity index (χ1n) is 5.19. The van der Waals surface area contributed by atoms with Gasteiger partial charge in [0, 0.05) is 13.2 Å². The van der Waals surface area contributed by atoms with E-state index in [0.29, 0.717) is 26.1 Å². The first kappa shape index (κ1) is 12.4. The summed E-state index contributed by atoms with van der Waals surface area (Å²) in [5.74, 6) is -0.263. The Kier molecular flexibility index (Phi) is 3.70. The van der Waals surface area contributed by atoms with E-state index in [9.17, 15) is 4.79 Å². The molecule has 1 amide bonds. The molecule has 0 aliphatic carbocycles. The molecule has 0 aromatic carbocycles. The second-order valence-corrected chi connectivity index (χ2v) is 4.91. The summed E-state index contributed by atoms with van der Waals surface area (Å²) >= 11 is 0. The van der Waals surface area contributed by atoms with Crippen LogP contribution in [0.3, 0.4) is 0 Å². The first-order chi connectivity index (χ1) is 6.83. The molecule has 0 aromatic rings. The van der Waals surface area contributed by atoms with Gasteiger partial charge < -0.3 is 10.5 Å². The number of ether oxygens (including phenoxy) is 1. The highest BCUT2D eigenvalue weighted by atomic mass is 16.7. The van der Waals surface area contributed by atoms with Crippen LogP contribution in [0.4, 0.5) is 0 Å². The summed E-state index contributed by atoms with van der Waals surface area (Å²) in [6, 6.07) is 0. The van der Waals surface area contributed by atoms with Gasteiger partial charge in [-0.2, -0.15) is 0 Å². The Morgan fingerprint density at radius 3 is 2.40 bits per heavy atom. The molecule has 0 saturated carbocycles. The molecule has 1 fully saturated rings. The lowest BCUT2D eigenvalue weighted by Gasteiger charge is -2.32. The van der Waals surface area contributed by atoms with Crippen molar-refractivity contribution < 1.29 is 14.4 Å². The Bertz CT molecular complexity index is 229. The zero-order chi connectivity index (χ0) is 11.5. The van der Waals surface area contributed by atoms with E-state index in [-0.39, 0.29) is 5.91 Å². The van der Waals surface area contributed by atoms with Gasteiger partial charge in [0.2, 0.25) is 0 Å². The number of hydrogen-bond donors (Lipinski definition) is 2.